The number of carbonyl (C=O) groups is 2. The van der Waals surface area contributed by atoms with Crippen LogP contribution in [0.4, 0.5) is 5.69 Å². The van der Waals surface area contributed by atoms with Crippen LogP contribution < -0.4 is 10.6 Å². The van der Waals surface area contributed by atoms with E-state index in [0.29, 0.717) is 17.3 Å². The van der Waals surface area contributed by atoms with E-state index in [0.717, 1.165) is 25.1 Å². The van der Waals surface area contributed by atoms with Crippen molar-refractivity contribution in [2.75, 3.05) is 18.4 Å². The van der Waals surface area contributed by atoms with E-state index in [9.17, 15) is 9.59 Å². The van der Waals surface area contributed by atoms with Crippen LogP contribution in [-0.2, 0) is 22.6 Å². The number of nitrogens with zero attached hydrogens (tertiary/aromatic N) is 1. The zero-order valence-corrected chi connectivity index (χ0v) is 18.8. The molecule has 0 aliphatic carbocycles. The van der Waals surface area contributed by atoms with Crippen molar-refractivity contribution >= 4 is 40.4 Å². The van der Waals surface area contributed by atoms with Gasteiger partial charge in [-0.15, -0.1) is 11.3 Å². The molecule has 1 aliphatic heterocycles. The van der Waals surface area contributed by atoms with E-state index in [1.807, 2.05) is 18.4 Å². The van der Waals surface area contributed by atoms with Gasteiger partial charge < -0.3 is 10.6 Å². The lowest BCUT2D eigenvalue weighted by molar-refractivity contribution is -0.136. The minimum atomic E-state index is -0.695. The van der Waals surface area contributed by atoms with Gasteiger partial charge in [0.2, 0.25) is 0 Å². The highest BCUT2D eigenvalue weighted by Crippen LogP contribution is 2.30. The minimum absolute atomic E-state index is 0.0120. The molecule has 2 N–H and O–H groups in total. The lowest BCUT2D eigenvalue weighted by Crippen LogP contribution is -2.43. The molecule has 0 unspecified atom stereocenters. The summed E-state index contributed by atoms with van der Waals surface area (Å²) < 4.78 is 0. The second kappa shape index (κ2) is 9.64. The Morgan fingerprint density at radius 1 is 1.10 bits per heavy atom. The zero-order valence-electron chi connectivity index (χ0n) is 17.2. The number of aryl methyl sites for hydroxylation is 1. The van der Waals surface area contributed by atoms with Crippen molar-refractivity contribution in [1.82, 2.24) is 10.2 Å². The van der Waals surface area contributed by atoms with Crippen LogP contribution in [0.2, 0.25) is 5.02 Å². The number of thiophene rings is 1. The van der Waals surface area contributed by atoms with Gasteiger partial charge in [0.05, 0.1) is 6.04 Å². The van der Waals surface area contributed by atoms with E-state index in [-0.39, 0.29) is 6.04 Å². The molecule has 0 bridgehead atoms. The molecule has 0 spiro atoms. The first-order valence-corrected chi connectivity index (χ1v) is 11.5. The Kier molecular flexibility index (Phi) is 6.70. The summed E-state index contributed by atoms with van der Waals surface area (Å²) >= 11 is 7.67. The number of hydrogen-bond acceptors (Lipinski definition) is 4. The van der Waals surface area contributed by atoms with Crippen molar-refractivity contribution in [1.29, 1.82) is 0 Å². The van der Waals surface area contributed by atoms with Gasteiger partial charge in [0.1, 0.15) is 0 Å². The fraction of sp³-hybridized carbons (Fsp3) is 0.250. The molecule has 1 atom stereocenters. The summed E-state index contributed by atoms with van der Waals surface area (Å²) in [6.07, 6.45) is 0.973. The summed E-state index contributed by atoms with van der Waals surface area (Å²) in [6.45, 7) is 3.94. The monoisotopic (exact) mass is 453 g/mol. The van der Waals surface area contributed by atoms with E-state index in [4.69, 9.17) is 11.6 Å². The van der Waals surface area contributed by atoms with Crippen molar-refractivity contribution < 1.29 is 9.59 Å². The van der Waals surface area contributed by atoms with E-state index in [1.54, 1.807) is 29.5 Å². The Hall–Kier alpha value is -2.67. The maximum Gasteiger partial charge on any atom is 0.313 e. The average molecular weight is 454 g/mol. The predicted octanol–water partition coefficient (Wildman–Crippen LogP) is 4.56. The van der Waals surface area contributed by atoms with Crippen LogP contribution in [-0.4, -0.2) is 29.8 Å². The van der Waals surface area contributed by atoms with Gasteiger partial charge in [0.15, 0.2) is 0 Å². The van der Waals surface area contributed by atoms with Gasteiger partial charge >= 0.3 is 11.8 Å². The van der Waals surface area contributed by atoms with Crippen LogP contribution in [0.1, 0.15) is 27.6 Å². The maximum absolute atomic E-state index is 12.5. The maximum atomic E-state index is 12.5. The zero-order chi connectivity index (χ0) is 21.8. The third-order valence-corrected chi connectivity index (χ3v) is 6.79. The van der Waals surface area contributed by atoms with E-state index >= 15 is 0 Å². The fourth-order valence-corrected chi connectivity index (χ4v) is 4.88. The molecule has 1 aliphatic rings. The lowest BCUT2D eigenvalue weighted by Gasteiger charge is -2.35. The summed E-state index contributed by atoms with van der Waals surface area (Å²) in [5, 5.41) is 8.03. The standard InChI is InChI=1S/C24H24ClN3O2S/c1-16-8-9-19(25)13-20(16)27-24(30)23(29)26-14-21(22-7-4-12-31-22)28-11-10-17-5-2-3-6-18(17)15-28/h2-9,12-13,21H,10-11,14-15H2,1H3,(H,26,29)(H,27,30)/t21-/m0/s1. The second-order valence-corrected chi connectivity index (χ2v) is 9.06. The van der Waals surface area contributed by atoms with Crippen LogP contribution >= 0.6 is 22.9 Å². The molecule has 0 radical (unpaired) electrons. The van der Waals surface area contributed by atoms with E-state index < -0.39 is 11.8 Å². The summed E-state index contributed by atoms with van der Waals surface area (Å²) in [4.78, 5) is 28.5. The third-order valence-electron chi connectivity index (χ3n) is 5.58. The number of halogens is 1. The van der Waals surface area contributed by atoms with Crippen LogP contribution in [0.25, 0.3) is 0 Å². The predicted molar refractivity (Wildman–Crippen MR) is 125 cm³/mol. The van der Waals surface area contributed by atoms with Gasteiger partial charge in [-0.3, -0.25) is 14.5 Å². The summed E-state index contributed by atoms with van der Waals surface area (Å²) in [5.41, 5.74) is 4.07. The van der Waals surface area contributed by atoms with Crippen LogP contribution in [0.3, 0.4) is 0 Å². The molecule has 160 valence electrons. The van der Waals surface area contributed by atoms with Gasteiger partial charge in [-0.25, -0.2) is 0 Å². The van der Waals surface area contributed by atoms with Crippen molar-refractivity contribution in [2.24, 2.45) is 0 Å². The molecule has 0 saturated carbocycles. The van der Waals surface area contributed by atoms with E-state index in [1.165, 1.54) is 16.0 Å². The number of carbonyl (C=O) groups excluding carboxylic acids is 2. The molecular weight excluding hydrogens is 430 g/mol. The summed E-state index contributed by atoms with van der Waals surface area (Å²) in [5.74, 6) is -1.35. The van der Waals surface area contributed by atoms with Crippen LogP contribution in [0.5, 0.6) is 0 Å². The van der Waals surface area contributed by atoms with Crippen molar-refractivity contribution in [3.8, 4) is 0 Å². The molecular formula is C24H24ClN3O2S. The largest absolute Gasteiger partial charge is 0.346 e. The summed E-state index contributed by atoms with van der Waals surface area (Å²) in [7, 11) is 0. The van der Waals surface area contributed by atoms with Crippen LogP contribution in [0.15, 0.2) is 60.0 Å². The quantitative estimate of drug-likeness (QED) is 0.556. The van der Waals surface area contributed by atoms with Gasteiger partial charge in [-0.2, -0.15) is 0 Å². The Balaban J connectivity index is 1.43. The summed E-state index contributed by atoms with van der Waals surface area (Å²) in [6, 6.07) is 17.8. The SMILES string of the molecule is Cc1ccc(Cl)cc1NC(=O)C(=O)NC[C@@H](c1cccs1)N1CCc2ccccc2C1. The molecule has 1 aromatic heterocycles. The first-order valence-electron chi connectivity index (χ1n) is 10.2. The second-order valence-electron chi connectivity index (χ2n) is 7.64. The minimum Gasteiger partial charge on any atom is -0.346 e. The van der Waals surface area contributed by atoms with Gasteiger partial charge in [0.25, 0.3) is 0 Å². The molecule has 7 heteroatoms. The highest BCUT2D eigenvalue weighted by molar-refractivity contribution is 7.10. The fourth-order valence-electron chi connectivity index (χ4n) is 3.85. The molecule has 0 saturated heterocycles. The number of amides is 2. The Morgan fingerprint density at radius 2 is 1.90 bits per heavy atom. The molecule has 5 nitrogen and oxygen atoms in total. The lowest BCUT2D eigenvalue weighted by atomic mass is 9.98. The normalized spacial score (nSPS) is 14.5. The number of anilines is 1. The smallest absolute Gasteiger partial charge is 0.313 e. The first-order chi connectivity index (χ1) is 15.0. The van der Waals surface area contributed by atoms with Crippen molar-refractivity contribution in [2.45, 2.75) is 25.9 Å². The van der Waals surface area contributed by atoms with Crippen LogP contribution in [0, 0.1) is 6.92 Å². The molecule has 31 heavy (non-hydrogen) atoms. The third kappa shape index (κ3) is 5.15. The topological polar surface area (TPSA) is 61.4 Å². The number of rotatable bonds is 5. The van der Waals surface area contributed by atoms with Gasteiger partial charge in [-0.05, 0) is 53.6 Å². The Labute approximate surface area is 191 Å². The van der Waals surface area contributed by atoms with Crippen molar-refractivity contribution in [3.05, 3.63) is 86.6 Å². The molecule has 3 aromatic rings. The number of fused-ring (bicyclic) bond motifs is 1. The highest BCUT2D eigenvalue weighted by atomic mass is 35.5. The number of hydrogen-bond donors (Lipinski definition) is 2. The molecule has 2 amide bonds. The van der Waals surface area contributed by atoms with Crippen molar-refractivity contribution in [3.63, 3.8) is 0 Å². The molecule has 4 rings (SSSR count). The first kappa shape index (κ1) is 21.6. The average Bonchev–Trinajstić information content (AvgIpc) is 3.30. The number of benzene rings is 2. The molecule has 2 heterocycles. The molecule has 2 aromatic carbocycles. The highest BCUT2D eigenvalue weighted by Gasteiger charge is 2.27. The number of nitrogens with one attached hydrogen (secondary N) is 2. The van der Waals surface area contributed by atoms with Gasteiger partial charge in [0, 0.05) is 35.2 Å². The Morgan fingerprint density at radius 3 is 2.68 bits per heavy atom. The van der Waals surface area contributed by atoms with Gasteiger partial charge in [-0.1, -0.05) is 48.0 Å². The Bertz CT molecular complexity index is 1080. The van der Waals surface area contributed by atoms with E-state index in [2.05, 4.69) is 45.9 Å². The molecule has 0 fully saturated rings.